The van der Waals surface area contributed by atoms with Gasteiger partial charge in [0.2, 0.25) is 5.95 Å². The summed E-state index contributed by atoms with van der Waals surface area (Å²) in [5.74, 6) is 0.403. The van der Waals surface area contributed by atoms with Crippen LogP contribution in [0.4, 0.5) is 5.95 Å². The number of nitriles is 1. The molecular weight excluding hydrogens is 528 g/mol. The highest BCUT2D eigenvalue weighted by atomic mass is 35.5. The Morgan fingerprint density at radius 1 is 1.27 bits per heavy atom. The molecule has 2 fully saturated rings. The summed E-state index contributed by atoms with van der Waals surface area (Å²) in [5.41, 5.74) is 4.92. The molecule has 3 aromatic rings. The fraction of sp³-hybridized carbons (Fsp3) is 0.533. The Balaban J connectivity index is 1.61. The van der Waals surface area contributed by atoms with E-state index in [2.05, 4.69) is 39.7 Å². The van der Waals surface area contributed by atoms with E-state index in [1.807, 2.05) is 26.0 Å². The number of aryl methyl sites for hydroxylation is 1. The van der Waals surface area contributed by atoms with Gasteiger partial charge in [-0.3, -0.25) is 9.69 Å². The van der Waals surface area contributed by atoms with Crippen molar-refractivity contribution in [1.29, 1.82) is 5.26 Å². The van der Waals surface area contributed by atoms with Crippen LogP contribution in [0.1, 0.15) is 56.0 Å². The van der Waals surface area contributed by atoms with Gasteiger partial charge < -0.3 is 19.7 Å². The molecule has 40 heavy (non-hydrogen) atoms. The van der Waals surface area contributed by atoms with Crippen LogP contribution >= 0.6 is 11.6 Å². The Morgan fingerprint density at radius 2 is 2.08 bits per heavy atom. The van der Waals surface area contributed by atoms with Crippen molar-refractivity contribution < 1.29 is 9.84 Å². The molecule has 0 spiro atoms. The van der Waals surface area contributed by atoms with Crippen LogP contribution in [0.2, 0.25) is 5.02 Å². The second kappa shape index (κ2) is 11.8. The van der Waals surface area contributed by atoms with E-state index in [-0.39, 0.29) is 30.0 Å². The van der Waals surface area contributed by atoms with E-state index in [1.165, 1.54) is 0 Å². The lowest BCUT2D eigenvalue weighted by Crippen LogP contribution is -2.42. The fourth-order valence-electron chi connectivity index (χ4n) is 6.06. The molecule has 2 aliphatic rings. The van der Waals surface area contributed by atoms with Gasteiger partial charge in [-0.05, 0) is 65.1 Å². The van der Waals surface area contributed by atoms with Crippen molar-refractivity contribution in [2.24, 2.45) is 5.92 Å². The van der Waals surface area contributed by atoms with Crippen LogP contribution < -0.4 is 10.7 Å². The molecule has 2 N–H and O–H groups in total. The Hall–Kier alpha value is -3.03. The molecule has 212 valence electrons. The number of ether oxygens (including phenoxy) is 1. The smallest absolute Gasteiger partial charge is 0.223 e. The maximum Gasteiger partial charge on any atom is 0.223 e. The van der Waals surface area contributed by atoms with Crippen molar-refractivity contribution in [3.63, 3.8) is 0 Å². The molecule has 2 aromatic heterocycles. The number of hydrogen-bond acceptors (Lipinski definition) is 8. The SMILES string of the molecule is Cc1c(CN2CCC[C@H](C#N)C2)n(C(C)C)c2c(C)c(-c3nc(N[C@@H]4CCOC[C@H]4O)ncc3Cl)ccc2c1=O. The lowest BCUT2D eigenvalue weighted by molar-refractivity contribution is -0.0136. The summed E-state index contributed by atoms with van der Waals surface area (Å²) in [7, 11) is 0. The second-order valence-corrected chi connectivity index (χ2v) is 11.7. The molecule has 10 heteroatoms. The lowest BCUT2D eigenvalue weighted by atomic mass is 9.96. The minimum atomic E-state index is -0.649. The van der Waals surface area contributed by atoms with Crippen molar-refractivity contribution in [3.8, 4) is 17.3 Å². The Labute approximate surface area is 239 Å². The molecule has 0 unspecified atom stereocenters. The standard InChI is InChI=1S/C30H37ClN6O3/c1-17(2)37-25(15-36-10-5-6-20(12-32)14-36)19(4)29(39)22-8-7-21(18(3)28(22)37)27-23(31)13-33-30(35-27)34-24-9-11-40-16-26(24)38/h7-8,13,17,20,24,26,38H,5-6,9-11,14-16H2,1-4H3,(H,33,34,35)/t20-,24-,26-/m1/s1. The zero-order chi connectivity index (χ0) is 28.6. The minimum Gasteiger partial charge on any atom is -0.389 e. The van der Waals surface area contributed by atoms with Gasteiger partial charge in [0.1, 0.15) is 0 Å². The molecular formula is C30H37ClN6O3. The summed E-state index contributed by atoms with van der Waals surface area (Å²) in [6, 6.07) is 6.08. The molecule has 0 saturated carbocycles. The van der Waals surface area contributed by atoms with Gasteiger partial charge >= 0.3 is 0 Å². The molecule has 0 aliphatic carbocycles. The maximum absolute atomic E-state index is 13.7. The number of benzene rings is 1. The van der Waals surface area contributed by atoms with E-state index in [0.717, 1.165) is 47.3 Å². The number of nitrogens with one attached hydrogen (secondary N) is 1. The van der Waals surface area contributed by atoms with Crippen LogP contribution in [0.15, 0.2) is 23.1 Å². The lowest BCUT2D eigenvalue weighted by Gasteiger charge is -2.32. The van der Waals surface area contributed by atoms with E-state index in [0.29, 0.717) is 48.2 Å². The Kier molecular flexibility index (Phi) is 8.43. The maximum atomic E-state index is 13.7. The van der Waals surface area contributed by atoms with Crippen LogP contribution in [-0.4, -0.2) is 63.0 Å². The summed E-state index contributed by atoms with van der Waals surface area (Å²) < 4.78 is 7.61. The number of aromatic nitrogens is 3. The molecule has 0 bridgehead atoms. The first-order chi connectivity index (χ1) is 19.2. The topological polar surface area (TPSA) is 116 Å². The van der Waals surface area contributed by atoms with Crippen molar-refractivity contribution >= 4 is 28.5 Å². The number of anilines is 1. The molecule has 2 saturated heterocycles. The van der Waals surface area contributed by atoms with Crippen LogP contribution in [0.3, 0.4) is 0 Å². The first-order valence-electron chi connectivity index (χ1n) is 14.0. The number of nitrogens with zero attached hydrogens (tertiary/aromatic N) is 5. The second-order valence-electron chi connectivity index (χ2n) is 11.3. The van der Waals surface area contributed by atoms with Gasteiger partial charge in [0.15, 0.2) is 5.43 Å². The van der Waals surface area contributed by atoms with Gasteiger partial charge in [-0.15, -0.1) is 0 Å². The van der Waals surface area contributed by atoms with Crippen LogP contribution in [0.25, 0.3) is 22.2 Å². The number of likely N-dealkylation sites (tertiary alicyclic amines) is 1. The number of hydrogen-bond donors (Lipinski definition) is 2. The monoisotopic (exact) mass is 564 g/mol. The number of rotatable bonds is 6. The first-order valence-corrected chi connectivity index (χ1v) is 14.4. The number of halogens is 1. The van der Waals surface area contributed by atoms with E-state index >= 15 is 0 Å². The molecule has 0 radical (unpaired) electrons. The van der Waals surface area contributed by atoms with E-state index in [9.17, 15) is 15.2 Å². The van der Waals surface area contributed by atoms with Gasteiger partial charge in [0, 0.05) is 47.9 Å². The third kappa shape index (κ3) is 5.46. The minimum absolute atomic E-state index is 0.0204. The van der Waals surface area contributed by atoms with Crippen LogP contribution in [0, 0.1) is 31.1 Å². The molecule has 3 atom stereocenters. The first kappa shape index (κ1) is 28.5. The van der Waals surface area contributed by atoms with Crippen molar-refractivity contribution in [1.82, 2.24) is 19.4 Å². The van der Waals surface area contributed by atoms with Gasteiger partial charge in [-0.2, -0.15) is 5.26 Å². The van der Waals surface area contributed by atoms with Crippen molar-refractivity contribution in [2.75, 3.05) is 31.6 Å². The quantitative estimate of drug-likeness (QED) is 0.446. The number of piperidine rings is 1. The Bertz CT molecular complexity index is 1510. The largest absolute Gasteiger partial charge is 0.389 e. The zero-order valence-electron chi connectivity index (χ0n) is 23.6. The summed E-state index contributed by atoms with van der Waals surface area (Å²) in [4.78, 5) is 25.1. The molecule has 5 rings (SSSR count). The summed E-state index contributed by atoms with van der Waals surface area (Å²) in [6.07, 6.45) is 3.47. The van der Waals surface area contributed by atoms with Crippen molar-refractivity contribution in [3.05, 3.63) is 50.4 Å². The highest BCUT2D eigenvalue weighted by Crippen LogP contribution is 2.35. The van der Waals surface area contributed by atoms with Gasteiger partial charge in [0.25, 0.3) is 0 Å². The third-order valence-corrected chi connectivity index (χ3v) is 8.48. The fourth-order valence-corrected chi connectivity index (χ4v) is 6.26. The van der Waals surface area contributed by atoms with Gasteiger partial charge in [0.05, 0.1) is 53.2 Å². The van der Waals surface area contributed by atoms with Crippen LogP contribution in [-0.2, 0) is 11.3 Å². The third-order valence-electron chi connectivity index (χ3n) is 8.20. The van der Waals surface area contributed by atoms with Gasteiger partial charge in [-0.1, -0.05) is 17.7 Å². The number of fused-ring (bicyclic) bond motifs is 1. The summed E-state index contributed by atoms with van der Waals surface area (Å²) >= 11 is 6.65. The van der Waals surface area contributed by atoms with E-state index < -0.39 is 6.10 Å². The van der Waals surface area contributed by atoms with Crippen LogP contribution in [0.5, 0.6) is 0 Å². The normalized spacial score (nSPS) is 22.0. The van der Waals surface area contributed by atoms with E-state index in [4.69, 9.17) is 21.3 Å². The number of pyridine rings is 1. The number of aliphatic hydroxyl groups is 1. The predicted octanol–water partition coefficient (Wildman–Crippen LogP) is 4.61. The molecule has 1 aromatic carbocycles. The number of aliphatic hydroxyl groups excluding tert-OH is 1. The molecule has 2 aliphatic heterocycles. The average Bonchev–Trinajstić information content (AvgIpc) is 2.94. The predicted molar refractivity (Wildman–Crippen MR) is 157 cm³/mol. The Morgan fingerprint density at radius 3 is 2.80 bits per heavy atom. The molecule has 4 heterocycles. The highest BCUT2D eigenvalue weighted by molar-refractivity contribution is 6.33. The zero-order valence-corrected chi connectivity index (χ0v) is 24.3. The highest BCUT2D eigenvalue weighted by Gasteiger charge is 2.27. The summed E-state index contributed by atoms with van der Waals surface area (Å²) in [5, 5.41) is 24.1. The van der Waals surface area contributed by atoms with Crippen molar-refractivity contribution in [2.45, 2.75) is 71.7 Å². The summed E-state index contributed by atoms with van der Waals surface area (Å²) in [6.45, 7) is 11.3. The van der Waals surface area contributed by atoms with Gasteiger partial charge in [-0.25, -0.2) is 9.97 Å². The molecule has 0 amide bonds. The van der Waals surface area contributed by atoms with E-state index in [1.54, 1.807) is 6.20 Å². The average molecular weight is 565 g/mol. The molecule has 9 nitrogen and oxygen atoms in total.